The quantitative estimate of drug-likeness (QED) is 0.0278. The number of rotatable bonds is 73. The first kappa shape index (κ1) is 83.3. The number of carbonyl (C=O) groups excluding carboxylic acids is 2. The Labute approximate surface area is 530 Å². The third-order valence-corrected chi connectivity index (χ3v) is 17.9. The molecule has 0 aliphatic carbocycles. The van der Waals surface area contributed by atoms with Crippen LogP contribution in [0.25, 0.3) is 0 Å². The van der Waals surface area contributed by atoms with E-state index in [1.165, 1.54) is 347 Å². The fourth-order valence-electron chi connectivity index (χ4n) is 12.0. The molecular formula is C76H150NO8+. The highest BCUT2D eigenvalue weighted by Gasteiger charge is 2.25. The average Bonchev–Trinajstić information content (AvgIpc) is 3.50. The van der Waals surface area contributed by atoms with Gasteiger partial charge in [-0.3, -0.25) is 9.59 Å². The van der Waals surface area contributed by atoms with Crippen molar-refractivity contribution in [3.8, 4) is 0 Å². The van der Waals surface area contributed by atoms with E-state index in [0.717, 1.165) is 38.5 Å². The van der Waals surface area contributed by atoms with Crippen molar-refractivity contribution < 1.29 is 42.9 Å². The lowest BCUT2D eigenvalue weighted by Crippen LogP contribution is -2.40. The molecular weight excluding hydrogens is 1050 g/mol. The van der Waals surface area contributed by atoms with Crippen LogP contribution in [0.5, 0.6) is 0 Å². The second kappa shape index (κ2) is 68.2. The number of likely N-dealkylation sites (N-methyl/N-ethyl adjacent to an activating group) is 1. The molecule has 2 unspecified atom stereocenters. The summed E-state index contributed by atoms with van der Waals surface area (Å²) in [6, 6.07) is 0. The predicted octanol–water partition coefficient (Wildman–Crippen LogP) is 23.8. The van der Waals surface area contributed by atoms with Crippen LogP contribution in [-0.2, 0) is 33.3 Å². The zero-order valence-electron chi connectivity index (χ0n) is 58.1. The molecule has 0 heterocycles. The van der Waals surface area contributed by atoms with Gasteiger partial charge in [0.2, 0.25) is 0 Å². The van der Waals surface area contributed by atoms with Crippen LogP contribution < -0.4 is 0 Å². The first-order valence-electron chi connectivity index (χ1n) is 38.2. The zero-order valence-corrected chi connectivity index (χ0v) is 58.1. The van der Waals surface area contributed by atoms with E-state index in [4.69, 9.17) is 18.9 Å². The van der Waals surface area contributed by atoms with Crippen molar-refractivity contribution in [2.24, 2.45) is 0 Å². The van der Waals surface area contributed by atoms with E-state index in [1.54, 1.807) is 0 Å². The van der Waals surface area contributed by atoms with Gasteiger partial charge in [0.15, 0.2) is 6.10 Å². The second-order valence-corrected chi connectivity index (χ2v) is 27.7. The minimum absolute atomic E-state index is 0.172. The van der Waals surface area contributed by atoms with Crippen molar-refractivity contribution in [1.82, 2.24) is 0 Å². The summed E-state index contributed by atoms with van der Waals surface area (Å²) in [6.07, 6.45) is 79.7. The summed E-state index contributed by atoms with van der Waals surface area (Å²) < 4.78 is 23.1. The molecule has 0 saturated heterocycles. The molecule has 0 aromatic carbocycles. The molecule has 0 aliphatic rings. The number of carboxylic acids is 1. The van der Waals surface area contributed by atoms with Crippen molar-refractivity contribution in [3.05, 3.63) is 0 Å². The molecule has 85 heavy (non-hydrogen) atoms. The number of hydrogen-bond donors (Lipinski definition) is 1. The Balaban J connectivity index is 3.99. The van der Waals surface area contributed by atoms with Crippen LogP contribution in [0.4, 0.5) is 0 Å². The Morgan fingerprint density at radius 1 is 0.306 bits per heavy atom. The van der Waals surface area contributed by atoms with Gasteiger partial charge in [0, 0.05) is 12.8 Å². The van der Waals surface area contributed by atoms with Gasteiger partial charge in [-0.15, -0.1) is 0 Å². The number of quaternary nitrogens is 1. The minimum atomic E-state index is -1.50. The summed E-state index contributed by atoms with van der Waals surface area (Å²) in [5.74, 6) is -1.96. The lowest BCUT2D eigenvalue weighted by molar-refractivity contribution is -0.870. The van der Waals surface area contributed by atoms with Gasteiger partial charge in [0.05, 0.1) is 34.4 Å². The van der Waals surface area contributed by atoms with Gasteiger partial charge in [0.25, 0.3) is 6.29 Å². The summed E-state index contributed by atoms with van der Waals surface area (Å²) >= 11 is 0. The van der Waals surface area contributed by atoms with Gasteiger partial charge < -0.3 is 28.5 Å². The number of hydrogen-bond acceptors (Lipinski definition) is 7. The number of aliphatic carboxylic acids is 1. The molecule has 1 N–H and O–H groups in total. The van der Waals surface area contributed by atoms with Crippen LogP contribution in [0.1, 0.15) is 412 Å². The molecule has 0 bridgehead atoms. The maximum Gasteiger partial charge on any atom is 0.361 e. The first-order valence-corrected chi connectivity index (χ1v) is 38.2. The summed E-state index contributed by atoms with van der Waals surface area (Å²) in [5.41, 5.74) is 0. The highest BCUT2D eigenvalue weighted by Crippen LogP contribution is 2.20. The summed E-state index contributed by atoms with van der Waals surface area (Å²) in [7, 11) is 6.00. The summed E-state index contributed by atoms with van der Waals surface area (Å²) in [4.78, 5) is 37.7. The number of esters is 2. The van der Waals surface area contributed by atoms with Gasteiger partial charge in [0.1, 0.15) is 13.2 Å². The maximum atomic E-state index is 13.0. The Bertz CT molecular complexity index is 1350. The van der Waals surface area contributed by atoms with Crippen LogP contribution >= 0.6 is 0 Å². The average molecular weight is 1210 g/mol. The first-order chi connectivity index (χ1) is 41.6. The van der Waals surface area contributed by atoms with E-state index in [1.807, 2.05) is 21.1 Å². The van der Waals surface area contributed by atoms with E-state index in [0.29, 0.717) is 17.4 Å². The summed E-state index contributed by atoms with van der Waals surface area (Å²) in [5, 5.41) is 9.76. The molecule has 0 spiro atoms. The van der Waals surface area contributed by atoms with Gasteiger partial charge in [-0.25, -0.2) is 4.79 Å². The Morgan fingerprint density at radius 2 is 0.529 bits per heavy atom. The lowest BCUT2D eigenvalue weighted by atomic mass is 10.0. The topological polar surface area (TPSA) is 108 Å². The molecule has 0 aliphatic heterocycles. The van der Waals surface area contributed by atoms with E-state index >= 15 is 0 Å². The molecule has 9 heteroatoms. The molecule has 9 nitrogen and oxygen atoms in total. The van der Waals surface area contributed by atoms with Crippen molar-refractivity contribution in [1.29, 1.82) is 0 Å². The molecule has 0 aromatic rings. The third kappa shape index (κ3) is 69.6. The van der Waals surface area contributed by atoms with Gasteiger partial charge in [-0.2, -0.15) is 0 Å². The van der Waals surface area contributed by atoms with Gasteiger partial charge in [-0.05, 0) is 12.8 Å². The molecule has 0 radical (unpaired) electrons. The third-order valence-electron chi connectivity index (χ3n) is 17.9. The molecule has 0 amide bonds. The summed E-state index contributed by atoms with van der Waals surface area (Å²) in [6.45, 7) is 4.98. The molecule has 0 saturated carbocycles. The smallest absolute Gasteiger partial charge is 0.361 e. The van der Waals surface area contributed by atoms with E-state index in [2.05, 4.69) is 13.8 Å². The standard InChI is InChI=1S/C76H149NO8/c1-6-8-10-12-14-16-18-20-22-24-26-28-30-32-34-36-38-40-42-44-46-48-50-52-54-56-58-60-62-64-66-73(78)83-70-72(71-84-76(75(80)81)82-69-68-77(3,4)5)85-74(79)67-65-63-61-59-57-55-53-51-49-47-45-43-41-39-37-35-33-31-29-27-25-23-21-19-17-15-13-11-9-7-2/h72,76H,6-71H2,1-5H3/p+1. The number of carboxylic acid groups (broad SMARTS) is 1. The minimum Gasteiger partial charge on any atom is -0.477 e. The molecule has 506 valence electrons. The fourth-order valence-corrected chi connectivity index (χ4v) is 12.0. The van der Waals surface area contributed by atoms with Crippen LogP contribution in [0.2, 0.25) is 0 Å². The van der Waals surface area contributed by atoms with Crippen molar-refractivity contribution in [2.75, 3.05) is 47.5 Å². The SMILES string of the molecule is CCCCCCCCCCCCCCCCCCCCCCCCCCCCCCCCC(=O)OCC(COC(OCC[N+](C)(C)C)C(=O)O)OC(=O)CCCCCCCCCCCCCCCCCCCCCCCCCCCCCCCC. The highest BCUT2D eigenvalue weighted by atomic mass is 16.7. The Hall–Kier alpha value is -1.71. The number of ether oxygens (including phenoxy) is 4. The lowest BCUT2D eigenvalue weighted by Gasteiger charge is -2.25. The highest BCUT2D eigenvalue weighted by molar-refractivity contribution is 5.71. The van der Waals surface area contributed by atoms with Crippen molar-refractivity contribution in [3.63, 3.8) is 0 Å². The van der Waals surface area contributed by atoms with Crippen LogP contribution in [-0.4, -0.2) is 87.4 Å². The van der Waals surface area contributed by atoms with E-state index in [9.17, 15) is 19.5 Å². The number of carbonyl (C=O) groups is 3. The Kier molecular flexibility index (Phi) is 66.8. The normalized spacial score (nSPS) is 12.5. The van der Waals surface area contributed by atoms with Gasteiger partial charge in [-0.1, -0.05) is 386 Å². The second-order valence-electron chi connectivity index (χ2n) is 27.7. The number of nitrogens with zero attached hydrogens (tertiary/aromatic N) is 1. The zero-order chi connectivity index (χ0) is 61.9. The monoisotopic (exact) mass is 1210 g/mol. The maximum absolute atomic E-state index is 13.0. The molecule has 0 aromatic heterocycles. The van der Waals surface area contributed by atoms with Gasteiger partial charge >= 0.3 is 17.9 Å². The molecule has 0 rings (SSSR count). The molecule has 0 fully saturated rings. The molecule has 2 atom stereocenters. The van der Waals surface area contributed by atoms with Crippen LogP contribution in [0.3, 0.4) is 0 Å². The van der Waals surface area contributed by atoms with Crippen molar-refractivity contribution in [2.45, 2.75) is 424 Å². The van der Waals surface area contributed by atoms with Crippen molar-refractivity contribution >= 4 is 17.9 Å². The van der Waals surface area contributed by atoms with Crippen LogP contribution in [0.15, 0.2) is 0 Å². The van der Waals surface area contributed by atoms with E-state index < -0.39 is 18.4 Å². The van der Waals surface area contributed by atoms with E-state index in [-0.39, 0.29) is 38.2 Å². The predicted molar refractivity (Wildman–Crippen MR) is 365 cm³/mol. The Morgan fingerprint density at radius 3 is 0.753 bits per heavy atom. The number of unbranched alkanes of at least 4 members (excludes halogenated alkanes) is 58. The van der Waals surface area contributed by atoms with Crippen LogP contribution in [0, 0.1) is 0 Å². The fraction of sp³-hybridized carbons (Fsp3) is 0.961. The largest absolute Gasteiger partial charge is 0.477 e.